The van der Waals surface area contributed by atoms with Crippen LogP contribution >= 0.6 is 11.3 Å². The number of thiazole rings is 1. The highest BCUT2D eigenvalue weighted by atomic mass is 32.1. The number of hydrogen-bond donors (Lipinski definition) is 2. The first-order valence-electron chi connectivity index (χ1n) is 9.13. The number of halogens is 3. The van der Waals surface area contributed by atoms with Crippen LogP contribution in [0.2, 0.25) is 0 Å². The summed E-state index contributed by atoms with van der Waals surface area (Å²) in [6, 6.07) is 10.7. The molecule has 0 spiro atoms. The van der Waals surface area contributed by atoms with Gasteiger partial charge in [-0.2, -0.15) is 18.2 Å². The van der Waals surface area contributed by atoms with E-state index in [1.807, 2.05) is 18.2 Å². The molecule has 2 heterocycles. The summed E-state index contributed by atoms with van der Waals surface area (Å²) < 4.78 is 37.9. The van der Waals surface area contributed by atoms with Gasteiger partial charge in [0.15, 0.2) is 11.3 Å². The normalized spacial score (nSPS) is 12.5. The monoisotopic (exact) mass is 428 g/mol. The van der Waals surface area contributed by atoms with Crippen LogP contribution in [0.15, 0.2) is 54.9 Å². The number of nitrogens with two attached hydrogens (primary N) is 1. The summed E-state index contributed by atoms with van der Waals surface area (Å²) in [6.07, 6.45) is 2.21. The molecule has 0 aliphatic rings. The molecule has 0 aliphatic heterocycles. The molecule has 5 nitrogen and oxygen atoms in total. The van der Waals surface area contributed by atoms with Crippen molar-refractivity contribution in [1.82, 2.24) is 9.97 Å². The molecule has 0 bridgehead atoms. The highest BCUT2D eigenvalue weighted by Gasteiger charge is 2.29. The van der Waals surface area contributed by atoms with E-state index in [1.165, 1.54) is 23.5 Å². The predicted octanol–water partition coefficient (Wildman–Crippen LogP) is 3.76. The van der Waals surface area contributed by atoms with Crippen molar-refractivity contribution in [3.63, 3.8) is 0 Å². The van der Waals surface area contributed by atoms with Crippen molar-refractivity contribution in [1.29, 1.82) is 0 Å². The number of anilines is 1. The van der Waals surface area contributed by atoms with Crippen molar-refractivity contribution in [2.24, 2.45) is 5.73 Å². The number of alkyl halides is 3. The van der Waals surface area contributed by atoms with E-state index in [1.54, 1.807) is 12.4 Å². The van der Waals surface area contributed by atoms with Gasteiger partial charge < -0.3 is 11.1 Å². The van der Waals surface area contributed by atoms with Crippen molar-refractivity contribution >= 4 is 27.4 Å². The first-order chi connectivity index (χ1) is 14.4. The molecule has 0 amide bonds. The van der Waals surface area contributed by atoms with E-state index in [9.17, 15) is 13.2 Å². The van der Waals surface area contributed by atoms with E-state index in [2.05, 4.69) is 26.6 Å². The number of rotatable bonds is 6. The average molecular weight is 428 g/mol. The maximum atomic E-state index is 12.6. The number of fused-ring (bicyclic) bond motifs is 1. The largest absolute Gasteiger partial charge is 0.429 e. The molecule has 0 radical (unpaired) electrons. The van der Waals surface area contributed by atoms with E-state index in [0.29, 0.717) is 13.0 Å². The fourth-order valence-electron chi connectivity index (χ4n) is 3.00. The fraction of sp³-hybridized carbons (Fsp3) is 0.190. The van der Waals surface area contributed by atoms with Crippen molar-refractivity contribution < 1.29 is 18.2 Å². The molecular formula is C21H17F3N5S+. The lowest BCUT2D eigenvalue weighted by Crippen LogP contribution is -2.31. The summed E-state index contributed by atoms with van der Waals surface area (Å²) >= 11 is 1.49. The van der Waals surface area contributed by atoms with Crippen LogP contribution in [0.4, 0.5) is 18.3 Å². The zero-order chi connectivity index (χ0) is 21.1. The number of nitrogens with zero attached hydrogens (tertiary/aromatic N) is 3. The van der Waals surface area contributed by atoms with Gasteiger partial charge in [0.1, 0.15) is 0 Å². The van der Waals surface area contributed by atoms with Gasteiger partial charge in [0.25, 0.3) is 0 Å². The minimum Gasteiger partial charge on any atom is -0.360 e. The molecule has 2 aromatic heterocycles. The van der Waals surface area contributed by atoms with Crippen LogP contribution in [0.3, 0.4) is 0 Å². The average Bonchev–Trinajstić information content (AvgIpc) is 3.21. The topological polar surface area (TPSA) is 77.9 Å². The van der Waals surface area contributed by atoms with E-state index in [-0.39, 0.29) is 6.04 Å². The van der Waals surface area contributed by atoms with Crippen LogP contribution in [0.5, 0.6) is 0 Å². The number of aromatic nitrogens is 3. The Kier molecular flexibility index (Phi) is 5.53. The summed E-state index contributed by atoms with van der Waals surface area (Å²) in [5.74, 6) is 0. The zero-order valence-corrected chi connectivity index (χ0v) is 16.5. The molecule has 30 heavy (non-hydrogen) atoms. The second-order valence-corrected chi connectivity index (χ2v) is 7.84. The summed E-state index contributed by atoms with van der Waals surface area (Å²) in [7, 11) is 0. The molecule has 9 heteroatoms. The standard InChI is InChI=1S/C21H16F3N5S/c22-21(23,24)16-5-1-13(2-6-16)7-17(25)10-27-20-28-11-19(30-20)14-3-4-15-9-26-12-29-18(15)8-14/h1-6,8-9,11,17H,7,10,25H2/p+1/t17-/m0/s1. The smallest absolute Gasteiger partial charge is 0.360 e. The molecule has 152 valence electrons. The van der Waals surface area contributed by atoms with E-state index >= 15 is 0 Å². The lowest BCUT2D eigenvalue weighted by molar-refractivity contribution is -0.261. The van der Waals surface area contributed by atoms with Crippen LogP contribution in [0.25, 0.3) is 21.3 Å². The van der Waals surface area contributed by atoms with Gasteiger partial charge in [-0.15, -0.1) is 0 Å². The number of benzene rings is 2. The van der Waals surface area contributed by atoms with Crippen LogP contribution in [0, 0.1) is 6.33 Å². The van der Waals surface area contributed by atoms with Crippen LogP contribution in [-0.2, 0) is 12.6 Å². The molecule has 4 aromatic rings. The van der Waals surface area contributed by atoms with E-state index < -0.39 is 11.7 Å². The Balaban J connectivity index is 1.35. The summed E-state index contributed by atoms with van der Waals surface area (Å²) in [5.41, 5.74) is 8.03. The highest BCUT2D eigenvalue weighted by molar-refractivity contribution is 7.18. The molecule has 2 aromatic carbocycles. The van der Waals surface area contributed by atoms with Gasteiger partial charge in [0.05, 0.1) is 15.8 Å². The Morgan fingerprint density at radius 3 is 2.70 bits per heavy atom. The fourth-order valence-corrected chi connectivity index (χ4v) is 3.82. The van der Waals surface area contributed by atoms with Gasteiger partial charge in [-0.05, 0) is 35.7 Å². The van der Waals surface area contributed by atoms with Crippen molar-refractivity contribution in [3.05, 3.63) is 72.3 Å². The molecule has 0 saturated carbocycles. The maximum Gasteiger partial charge on any atom is 0.429 e. The predicted molar refractivity (Wildman–Crippen MR) is 109 cm³/mol. The summed E-state index contributed by atoms with van der Waals surface area (Å²) in [6.45, 7) is 0.452. The van der Waals surface area contributed by atoms with Gasteiger partial charge >= 0.3 is 12.5 Å². The SMILES string of the molecule is N[C@H](CNc1ncc(-c2ccc3cnc#[n+]c3c2)s1)Cc1ccc(C(F)(F)F)cc1. The summed E-state index contributed by atoms with van der Waals surface area (Å²) in [5, 5.41) is 4.86. The molecule has 0 saturated heterocycles. The third kappa shape index (κ3) is 4.67. The second kappa shape index (κ2) is 8.26. The molecule has 4 rings (SSSR count). The van der Waals surface area contributed by atoms with Gasteiger partial charge in [0, 0.05) is 29.8 Å². The molecule has 1 atom stereocenters. The molecule has 0 fully saturated rings. The number of hydrogen-bond acceptors (Lipinski definition) is 5. The van der Waals surface area contributed by atoms with Gasteiger partial charge in [-0.1, -0.05) is 29.5 Å². The quantitative estimate of drug-likeness (QED) is 0.489. The van der Waals surface area contributed by atoms with Crippen molar-refractivity contribution in [3.8, 4) is 10.4 Å². The Bertz CT molecular complexity index is 1140. The van der Waals surface area contributed by atoms with Crippen LogP contribution < -0.4 is 16.0 Å². The Hall–Kier alpha value is -3.22. The van der Waals surface area contributed by atoms with Gasteiger partial charge in [0.2, 0.25) is 5.52 Å². The summed E-state index contributed by atoms with van der Waals surface area (Å²) in [4.78, 5) is 13.4. The lowest BCUT2D eigenvalue weighted by atomic mass is 10.0. The van der Waals surface area contributed by atoms with E-state index in [4.69, 9.17) is 5.73 Å². The minimum atomic E-state index is -4.33. The molecule has 3 N–H and O–H groups in total. The Labute approximate surface area is 174 Å². The van der Waals surface area contributed by atoms with Gasteiger partial charge in [-0.25, -0.2) is 4.98 Å². The van der Waals surface area contributed by atoms with Crippen molar-refractivity contribution in [2.45, 2.75) is 18.6 Å². The van der Waals surface area contributed by atoms with Crippen molar-refractivity contribution in [2.75, 3.05) is 11.9 Å². The van der Waals surface area contributed by atoms with Gasteiger partial charge in [-0.3, -0.25) is 0 Å². The molecule has 0 aliphatic carbocycles. The third-order valence-electron chi connectivity index (χ3n) is 4.55. The Morgan fingerprint density at radius 1 is 1.13 bits per heavy atom. The van der Waals surface area contributed by atoms with Crippen LogP contribution in [0.1, 0.15) is 11.1 Å². The number of nitrogens with one attached hydrogen (secondary N) is 1. The minimum absolute atomic E-state index is 0.262. The second-order valence-electron chi connectivity index (χ2n) is 6.81. The first kappa shape index (κ1) is 20.1. The zero-order valence-electron chi connectivity index (χ0n) is 15.6. The maximum absolute atomic E-state index is 12.6. The van der Waals surface area contributed by atoms with E-state index in [0.717, 1.165) is 44.2 Å². The highest BCUT2D eigenvalue weighted by Crippen LogP contribution is 2.30. The Morgan fingerprint density at radius 2 is 1.93 bits per heavy atom. The lowest BCUT2D eigenvalue weighted by Gasteiger charge is -2.13. The first-order valence-corrected chi connectivity index (χ1v) is 9.95. The molecule has 0 unspecified atom stereocenters. The third-order valence-corrected chi connectivity index (χ3v) is 5.55. The van der Waals surface area contributed by atoms with Crippen LogP contribution in [-0.4, -0.2) is 22.6 Å². The molecular weight excluding hydrogens is 411 g/mol.